The number of oxazole rings is 1. The van der Waals surface area contributed by atoms with Gasteiger partial charge in [-0.25, -0.2) is 4.98 Å². The molecule has 1 atom stereocenters. The van der Waals surface area contributed by atoms with Gasteiger partial charge in [0.1, 0.15) is 11.3 Å². The monoisotopic (exact) mass is 432 g/mol. The van der Waals surface area contributed by atoms with Crippen LogP contribution in [-0.4, -0.2) is 47.8 Å². The summed E-state index contributed by atoms with van der Waals surface area (Å²) in [5.41, 5.74) is 16.4. The largest absolute Gasteiger partial charge is 0.424 e. The molecule has 4 N–H and O–H groups in total. The molecule has 4 aromatic rings. The van der Waals surface area contributed by atoms with Gasteiger partial charge in [0, 0.05) is 26.2 Å². The number of ether oxygens (including phenoxy) is 1. The molecule has 0 spiro atoms. The standard InChI is InChI=1S/C24H28N6O2/c25-8-11-31-10-1-2-16-7-9-30(15-16)23-14-27-19-5-3-17(12-20(19)28-23)18-4-6-22-21(13-18)29-24(26)32-22/h3-6,12-14,16H,1-2,7-11,15,25H2,(H2,26,29)/t16-/m1/s1. The lowest BCUT2D eigenvalue weighted by molar-refractivity contribution is 0.134. The number of hydrogen-bond donors (Lipinski definition) is 2. The molecule has 0 radical (unpaired) electrons. The van der Waals surface area contributed by atoms with E-state index in [2.05, 4.69) is 27.0 Å². The number of nitrogens with zero attached hydrogens (tertiary/aromatic N) is 4. The second-order valence-corrected chi connectivity index (χ2v) is 8.31. The quantitative estimate of drug-likeness (QED) is 0.406. The molecule has 0 amide bonds. The van der Waals surface area contributed by atoms with Crippen LogP contribution in [0.15, 0.2) is 47.0 Å². The van der Waals surface area contributed by atoms with E-state index in [1.807, 2.05) is 30.5 Å². The molecule has 32 heavy (non-hydrogen) atoms. The van der Waals surface area contributed by atoms with E-state index in [0.29, 0.717) is 24.7 Å². The second kappa shape index (κ2) is 9.10. The normalized spacial score (nSPS) is 16.4. The highest BCUT2D eigenvalue weighted by atomic mass is 16.5. The van der Waals surface area contributed by atoms with Crippen LogP contribution < -0.4 is 16.4 Å². The SMILES string of the molecule is NCCOCCC[C@@H]1CCN(c2cnc3ccc(-c4ccc5oc(N)nc5c4)cc3n2)C1. The van der Waals surface area contributed by atoms with Crippen molar-refractivity contribution in [3.63, 3.8) is 0 Å². The lowest BCUT2D eigenvalue weighted by Crippen LogP contribution is -2.21. The fourth-order valence-electron chi connectivity index (χ4n) is 4.39. The highest BCUT2D eigenvalue weighted by Crippen LogP contribution is 2.29. The summed E-state index contributed by atoms with van der Waals surface area (Å²) in [5, 5.41) is 0. The number of anilines is 2. The van der Waals surface area contributed by atoms with Gasteiger partial charge in [-0.1, -0.05) is 12.1 Å². The molecule has 1 fully saturated rings. The molecule has 8 heteroatoms. The fraction of sp³-hybridized carbons (Fsp3) is 0.375. The molecule has 3 heterocycles. The number of benzene rings is 2. The topological polar surface area (TPSA) is 116 Å². The van der Waals surface area contributed by atoms with Crippen molar-refractivity contribution in [3.8, 4) is 11.1 Å². The Kier molecular flexibility index (Phi) is 5.87. The van der Waals surface area contributed by atoms with E-state index in [1.165, 1.54) is 12.8 Å². The van der Waals surface area contributed by atoms with Gasteiger partial charge < -0.3 is 25.5 Å². The first-order valence-electron chi connectivity index (χ1n) is 11.2. The Morgan fingerprint density at radius 2 is 1.88 bits per heavy atom. The minimum atomic E-state index is 0.179. The third-order valence-electron chi connectivity index (χ3n) is 6.04. The molecule has 1 saturated heterocycles. The van der Waals surface area contributed by atoms with E-state index < -0.39 is 0 Å². The van der Waals surface area contributed by atoms with Gasteiger partial charge in [0.25, 0.3) is 6.01 Å². The van der Waals surface area contributed by atoms with Crippen LogP contribution in [-0.2, 0) is 4.74 Å². The smallest absolute Gasteiger partial charge is 0.292 e. The predicted octanol–water partition coefficient (Wildman–Crippen LogP) is 3.60. The maximum Gasteiger partial charge on any atom is 0.292 e. The van der Waals surface area contributed by atoms with Crippen LogP contribution in [0.3, 0.4) is 0 Å². The summed E-state index contributed by atoms with van der Waals surface area (Å²) in [5.74, 6) is 1.61. The predicted molar refractivity (Wildman–Crippen MR) is 126 cm³/mol. The van der Waals surface area contributed by atoms with Crippen LogP contribution in [0.4, 0.5) is 11.8 Å². The molecule has 1 aliphatic heterocycles. The number of fused-ring (bicyclic) bond motifs is 2. The fourth-order valence-corrected chi connectivity index (χ4v) is 4.39. The third kappa shape index (κ3) is 4.37. The average molecular weight is 433 g/mol. The van der Waals surface area contributed by atoms with Crippen molar-refractivity contribution in [3.05, 3.63) is 42.6 Å². The molecule has 0 unspecified atom stereocenters. The van der Waals surface area contributed by atoms with Crippen molar-refractivity contribution < 1.29 is 9.15 Å². The third-order valence-corrected chi connectivity index (χ3v) is 6.04. The number of aromatic nitrogens is 3. The van der Waals surface area contributed by atoms with Crippen LogP contribution in [0, 0.1) is 5.92 Å². The molecule has 166 valence electrons. The Hall–Kier alpha value is -3.23. The van der Waals surface area contributed by atoms with E-state index in [9.17, 15) is 0 Å². The molecule has 2 aromatic heterocycles. The highest BCUT2D eigenvalue weighted by molar-refractivity contribution is 5.86. The van der Waals surface area contributed by atoms with Crippen molar-refractivity contribution in [2.75, 3.05) is 43.5 Å². The van der Waals surface area contributed by atoms with Gasteiger partial charge in [-0.05, 0) is 60.6 Å². The summed E-state index contributed by atoms with van der Waals surface area (Å²) in [7, 11) is 0. The van der Waals surface area contributed by atoms with Crippen LogP contribution in [0.2, 0.25) is 0 Å². The van der Waals surface area contributed by atoms with Crippen LogP contribution in [0.1, 0.15) is 19.3 Å². The first-order valence-corrected chi connectivity index (χ1v) is 11.2. The molecule has 2 aromatic carbocycles. The van der Waals surface area contributed by atoms with E-state index >= 15 is 0 Å². The van der Waals surface area contributed by atoms with E-state index in [0.717, 1.165) is 59.6 Å². The summed E-state index contributed by atoms with van der Waals surface area (Å²) < 4.78 is 10.9. The Morgan fingerprint density at radius 3 is 2.75 bits per heavy atom. The van der Waals surface area contributed by atoms with E-state index in [4.69, 9.17) is 25.6 Å². The number of rotatable bonds is 8. The zero-order valence-corrected chi connectivity index (χ0v) is 18.0. The zero-order chi connectivity index (χ0) is 21.9. The molecule has 0 bridgehead atoms. The number of hydrogen-bond acceptors (Lipinski definition) is 8. The minimum absolute atomic E-state index is 0.179. The highest BCUT2D eigenvalue weighted by Gasteiger charge is 2.23. The van der Waals surface area contributed by atoms with Crippen LogP contribution >= 0.6 is 0 Å². The Labute approximate surface area is 186 Å². The van der Waals surface area contributed by atoms with Crippen molar-refractivity contribution in [1.82, 2.24) is 15.0 Å². The molecular formula is C24H28N6O2. The van der Waals surface area contributed by atoms with Crippen molar-refractivity contribution in [1.29, 1.82) is 0 Å². The van der Waals surface area contributed by atoms with E-state index in [-0.39, 0.29) is 6.01 Å². The Morgan fingerprint density at radius 1 is 1.03 bits per heavy atom. The van der Waals surface area contributed by atoms with Gasteiger partial charge in [0.15, 0.2) is 5.58 Å². The first-order chi connectivity index (χ1) is 15.7. The molecule has 8 nitrogen and oxygen atoms in total. The average Bonchev–Trinajstić information content (AvgIpc) is 3.43. The summed E-state index contributed by atoms with van der Waals surface area (Å²) >= 11 is 0. The van der Waals surface area contributed by atoms with Crippen LogP contribution in [0.5, 0.6) is 0 Å². The summed E-state index contributed by atoms with van der Waals surface area (Å²) in [6.45, 7) is 4.05. The molecule has 5 rings (SSSR count). The van der Waals surface area contributed by atoms with E-state index in [1.54, 1.807) is 0 Å². The summed E-state index contributed by atoms with van der Waals surface area (Å²) in [6, 6.07) is 12.2. The van der Waals surface area contributed by atoms with Crippen LogP contribution in [0.25, 0.3) is 33.3 Å². The molecule has 0 aliphatic carbocycles. The van der Waals surface area contributed by atoms with Gasteiger partial charge in [0.2, 0.25) is 0 Å². The van der Waals surface area contributed by atoms with Crippen molar-refractivity contribution in [2.45, 2.75) is 19.3 Å². The van der Waals surface area contributed by atoms with Gasteiger partial charge >= 0.3 is 0 Å². The lowest BCUT2D eigenvalue weighted by atomic mass is 10.0. The summed E-state index contributed by atoms with van der Waals surface area (Å²) in [6.07, 6.45) is 5.31. The van der Waals surface area contributed by atoms with Crippen molar-refractivity contribution in [2.24, 2.45) is 11.7 Å². The van der Waals surface area contributed by atoms with Gasteiger partial charge in [-0.2, -0.15) is 4.98 Å². The maximum atomic E-state index is 5.67. The zero-order valence-electron chi connectivity index (χ0n) is 18.0. The van der Waals surface area contributed by atoms with Crippen molar-refractivity contribution >= 4 is 34.0 Å². The number of nitrogen functional groups attached to an aromatic ring is 1. The van der Waals surface area contributed by atoms with Gasteiger partial charge in [-0.3, -0.25) is 4.98 Å². The lowest BCUT2D eigenvalue weighted by Gasteiger charge is -2.17. The van der Waals surface area contributed by atoms with Gasteiger partial charge in [0.05, 0.1) is 23.8 Å². The Bertz CT molecular complexity index is 1220. The summed E-state index contributed by atoms with van der Waals surface area (Å²) in [4.78, 5) is 16.2. The minimum Gasteiger partial charge on any atom is -0.424 e. The maximum absolute atomic E-state index is 5.67. The van der Waals surface area contributed by atoms with Gasteiger partial charge in [-0.15, -0.1) is 0 Å². The molecule has 1 aliphatic rings. The molecule has 0 saturated carbocycles. The number of nitrogens with two attached hydrogens (primary N) is 2. The molecular weight excluding hydrogens is 404 g/mol. The second-order valence-electron chi connectivity index (χ2n) is 8.31. The first kappa shape index (κ1) is 20.7. The Balaban J connectivity index is 1.31.